The fourth-order valence-corrected chi connectivity index (χ4v) is 3.04. The third-order valence-electron chi connectivity index (χ3n) is 3.85. The lowest BCUT2D eigenvalue weighted by molar-refractivity contribution is 0.0829. The van der Waals surface area contributed by atoms with Crippen LogP contribution in [0.15, 0.2) is 53.0 Å². The first kappa shape index (κ1) is 17.4. The summed E-state index contributed by atoms with van der Waals surface area (Å²) < 4.78 is 6.50. The van der Waals surface area contributed by atoms with E-state index in [1.807, 2.05) is 55.5 Å². The summed E-state index contributed by atoms with van der Waals surface area (Å²) in [6.45, 7) is 2.56. The molecule has 3 aromatic rings. The lowest BCUT2D eigenvalue weighted by atomic mass is 10.0. The second-order valence-electron chi connectivity index (χ2n) is 5.88. The highest BCUT2D eigenvalue weighted by molar-refractivity contribution is 9.10. The van der Waals surface area contributed by atoms with Crippen molar-refractivity contribution in [2.75, 3.05) is 20.7 Å². The molecule has 1 heterocycles. The number of hydrogen-bond donors (Lipinski definition) is 0. The van der Waals surface area contributed by atoms with Crippen molar-refractivity contribution in [2.24, 2.45) is 0 Å². The number of nitrogens with zero attached hydrogens (tertiary/aromatic N) is 2. The van der Waals surface area contributed by atoms with Gasteiger partial charge in [0.15, 0.2) is 0 Å². The summed E-state index contributed by atoms with van der Waals surface area (Å²) in [4.78, 5) is 19.0. The largest absolute Gasteiger partial charge is 0.494 e. The van der Waals surface area contributed by atoms with Crippen molar-refractivity contribution >= 4 is 32.7 Å². The monoisotopic (exact) mass is 398 g/mol. The second kappa shape index (κ2) is 7.23. The average molecular weight is 399 g/mol. The van der Waals surface area contributed by atoms with Gasteiger partial charge in [-0.3, -0.25) is 4.79 Å². The van der Waals surface area contributed by atoms with Crippen LogP contribution >= 0.6 is 15.9 Å². The molecule has 0 spiro atoms. The summed E-state index contributed by atoms with van der Waals surface area (Å²) in [5.41, 5.74) is 3.09. The van der Waals surface area contributed by atoms with Gasteiger partial charge in [0.2, 0.25) is 0 Å². The average Bonchev–Trinajstić information content (AvgIpc) is 2.60. The standard InChI is InChI=1S/C20H19BrN2O2/c1-4-25-15-7-5-6-13(10-15)19-12-17(20(24)23(2)3)16-11-14(21)8-9-18(16)22-19/h5-12H,4H2,1-3H3. The molecular formula is C20H19BrN2O2. The first-order valence-electron chi connectivity index (χ1n) is 8.05. The number of amides is 1. The van der Waals surface area contributed by atoms with Crippen molar-refractivity contribution in [3.8, 4) is 17.0 Å². The molecule has 25 heavy (non-hydrogen) atoms. The maximum atomic E-state index is 12.7. The molecule has 0 aliphatic heterocycles. The molecule has 0 bridgehead atoms. The molecule has 0 fully saturated rings. The van der Waals surface area contributed by atoms with Gasteiger partial charge in [0.25, 0.3) is 5.91 Å². The van der Waals surface area contributed by atoms with Crippen molar-refractivity contribution in [2.45, 2.75) is 6.92 Å². The van der Waals surface area contributed by atoms with E-state index >= 15 is 0 Å². The summed E-state index contributed by atoms with van der Waals surface area (Å²) in [5, 5.41) is 0.831. The van der Waals surface area contributed by atoms with Crippen LogP contribution in [-0.4, -0.2) is 36.5 Å². The summed E-state index contributed by atoms with van der Waals surface area (Å²) in [7, 11) is 3.50. The van der Waals surface area contributed by atoms with Crippen molar-refractivity contribution in [3.63, 3.8) is 0 Å². The van der Waals surface area contributed by atoms with E-state index in [0.29, 0.717) is 12.2 Å². The number of rotatable bonds is 4. The van der Waals surface area contributed by atoms with Crippen LogP contribution < -0.4 is 4.74 Å². The lowest BCUT2D eigenvalue weighted by Crippen LogP contribution is -2.22. The molecule has 0 radical (unpaired) electrons. The smallest absolute Gasteiger partial charge is 0.254 e. The van der Waals surface area contributed by atoms with Gasteiger partial charge >= 0.3 is 0 Å². The molecule has 0 aliphatic carbocycles. The van der Waals surface area contributed by atoms with Gasteiger partial charge in [0.1, 0.15) is 5.75 Å². The number of benzene rings is 2. The molecule has 0 atom stereocenters. The van der Waals surface area contributed by atoms with E-state index in [1.165, 1.54) is 0 Å². The number of hydrogen-bond acceptors (Lipinski definition) is 3. The van der Waals surface area contributed by atoms with Crippen molar-refractivity contribution in [3.05, 3.63) is 58.6 Å². The van der Waals surface area contributed by atoms with Gasteiger partial charge in [-0.2, -0.15) is 0 Å². The first-order chi connectivity index (χ1) is 12.0. The Morgan fingerprint density at radius 2 is 1.96 bits per heavy atom. The highest BCUT2D eigenvalue weighted by Gasteiger charge is 2.16. The number of carbonyl (C=O) groups is 1. The summed E-state index contributed by atoms with van der Waals surface area (Å²) in [6, 6.07) is 15.4. The highest BCUT2D eigenvalue weighted by atomic mass is 79.9. The molecule has 1 amide bonds. The Balaban J connectivity index is 2.21. The van der Waals surface area contributed by atoms with Gasteiger partial charge in [-0.1, -0.05) is 28.1 Å². The van der Waals surface area contributed by atoms with Gasteiger partial charge in [0.05, 0.1) is 23.4 Å². The molecule has 0 aliphatic rings. The summed E-state index contributed by atoms with van der Waals surface area (Å²) >= 11 is 3.47. The molecule has 0 N–H and O–H groups in total. The Labute approximate surface area is 155 Å². The number of aromatic nitrogens is 1. The van der Waals surface area contributed by atoms with Crippen LogP contribution in [-0.2, 0) is 0 Å². The Morgan fingerprint density at radius 1 is 1.16 bits per heavy atom. The van der Waals surface area contributed by atoms with Gasteiger partial charge in [0, 0.05) is 29.5 Å². The van der Waals surface area contributed by atoms with Gasteiger partial charge < -0.3 is 9.64 Å². The molecule has 0 saturated heterocycles. The molecule has 2 aromatic carbocycles. The van der Waals surface area contributed by atoms with E-state index in [4.69, 9.17) is 9.72 Å². The van der Waals surface area contributed by atoms with Crippen molar-refractivity contribution in [1.29, 1.82) is 0 Å². The minimum absolute atomic E-state index is 0.0484. The van der Waals surface area contributed by atoms with E-state index < -0.39 is 0 Å². The number of fused-ring (bicyclic) bond motifs is 1. The van der Waals surface area contributed by atoms with Crippen LogP contribution in [0.25, 0.3) is 22.2 Å². The van der Waals surface area contributed by atoms with Crippen LogP contribution in [0.3, 0.4) is 0 Å². The molecule has 0 saturated carbocycles. The van der Waals surface area contributed by atoms with Crippen molar-refractivity contribution < 1.29 is 9.53 Å². The zero-order valence-electron chi connectivity index (χ0n) is 14.4. The van der Waals surface area contributed by atoms with Gasteiger partial charge in [-0.25, -0.2) is 4.98 Å². The van der Waals surface area contributed by atoms with E-state index in [0.717, 1.165) is 32.4 Å². The molecule has 1 aromatic heterocycles. The first-order valence-corrected chi connectivity index (χ1v) is 8.84. The maximum absolute atomic E-state index is 12.7. The number of halogens is 1. The Bertz CT molecular complexity index is 938. The molecule has 3 rings (SSSR count). The fourth-order valence-electron chi connectivity index (χ4n) is 2.68. The topological polar surface area (TPSA) is 42.4 Å². The van der Waals surface area contributed by atoms with Crippen LogP contribution in [0.1, 0.15) is 17.3 Å². The zero-order valence-corrected chi connectivity index (χ0v) is 16.0. The summed E-state index contributed by atoms with van der Waals surface area (Å²) in [5.74, 6) is 0.742. The molecule has 4 nitrogen and oxygen atoms in total. The molecule has 0 unspecified atom stereocenters. The minimum atomic E-state index is -0.0484. The number of ether oxygens (including phenoxy) is 1. The van der Waals surface area contributed by atoms with E-state index in [9.17, 15) is 4.79 Å². The molecule has 5 heteroatoms. The third-order valence-corrected chi connectivity index (χ3v) is 4.34. The summed E-state index contributed by atoms with van der Waals surface area (Å²) in [6.07, 6.45) is 0. The van der Waals surface area contributed by atoms with Crippen LogP contribution in [0.2, 0.25) is 0 Å². The fraction of sp³-hybridized carbons (Fsp3) is 0.200. The van der Waals surface area contributed by atoms with Crippen LogP contribution in [0, 0.1) is 0 Å². The van der Waals surface area contributed by atoms with E-state index in [2.05, 4.69) is 15.9 Å². The number of pyridine rings is 1. The van der Waals surface area contributed by atoms with Crippen LogP contribution in [0.4, 0.5) is 0 Å². The number of carbonyl (C=O) groups excluding carboxylic acids is 1. The highest BCUT2D eigenvalue weighted by Crippen LogP contribution is 2.29. The normalized spacial score (nSPS) is 10.7. The zero-order chi connectivity index (χ0) is 18.0. The molecular weight excluding hydrogens is 380 g/mol. The SMILES string of the molecule is CCOc1cccc(-c2cc(C(=O)N(C)C)c3cc(Br)ccc3n2)c1. The lowest BCUT2D eigenvalue weighted by Gasteiger charge is -2.14. The molecule has 128 valence electrons. The van der Waals surface area contributed by atoms with Gasteiger partial charge in [-0.15, -0.1) is 0 Å². The predicted octanol–water partition coefficient (Wildman–Crippen LogP) is 4.76. The predicted molar refractivity (Wildman–Crippen MR) is 104 cm³/mol. The van der Waals surface area contributed by atoms with Crippen LogP contribution in [0.5, 0.6) is 5.75 Å². The maximum Gasteiger partial charge on any atom is 0.254 e. The Kier molecular flexibility index (Phi) is 5.04. The third kappa shape index (κ3) is 3.66. The minimum Gasteiger partial charge on any atom is -0.494 e. The Hall–Kier alpha value is -2.40. The van der Waals surface area contributed by atoms with E-state index in [-0.39, 0.29) is 5.91 Å². The van der Waals surface area contributed by atoms with E-state index in [1.54, 1.807) is 19.0 Å². The van der Waals surface area contributed by atoms with Crippen molar-refractivity contribution in [1.82, 2.24) is 9.88 Å². The second-order valence-corrected chi connectivity index (χ2v) is 6.79. The van der Waals surface area contributed by atoms with Gasteiger partial charge in [-0.05, 0) is 43.3 Å². The quantitative estimate of drug-likeness (QED) is 0.635. The Morgan fingerprint density at radius 3 is 2.68 bits per heavy atom.